The Labute approximate surface area is 87.3 Å². The molecule has 1 nitrogen and oxygen atoms in total. The number of benzene rings is 1. The van der Waals surface area contributed by atoms with Crippen molar-refractivity contribution < 1.29 is 13.2 Å². The summed E-state index contributed by atoms with van der Waals surface area (Å²) in [6, 6.07) is 7.64. The van der Waals surface area contributed by atoms with E-state index in [0.717, 1.165) is 5.56 Å². The SMILES string of the molecule is CCC(NCc1ccccc1)C(F)(F)F. The number of hydrogen-bond donors (Lipinski definition) is 1. The molecule has 1 N–H and O–H groups in total. The van der Waals surface area contributed by atoms with E-state index in [1.165, 1.54) is 6.92 Å². The first-order chi connectivity index (χ1) is 7.04. The van der Waals surface area contributed by atoms with Crippen molar-refractivity contribution in [3.05, 3.63) is 35.9 Å². The fraction of sp³-hybridized carbons (Fsp3) is 0.455. The molecule has 0 aliphatic rings. The van der Waals surface area contributed by atoms with Crippen LogP contribution in [0.1, 0.15) is 18.9 Å². The summed E-state index contributed by atoms with van der Waals surface area (Å²) in [5.41, 5.74) is 0.861. The third-order valence-corrected chi connectivity index (χ3v) is 2.20. The fourth-order valence-corrected chi connectivity index (χ4v) is 1.33. The smallest absolute Gasteiger partial charge is 0.302 e. The van der Waals surface area contributed by atoms with Crippen LogP contribution in [0.3, 0.4) is 0 Å². The Balaban J connectivity index is 2.49. The average molecular weight is 217 g/mol. The molecule has 84 valence electrons. The molecule has 0 aliphatic heterocycles. The molecule has 0 aliphatic carbocycles. The Morgan fingerprint density at radius 1 is 1.20 bits per heavy atom. The molecule has 1 unspecified atom stereocenters. The summed E-state index contributed by atoms with van der Waals surface area (Å²) in [5.74, 6) is 0. The van der Waals surface area contributed by atoms with Gasteiger partial charge >= 0.3 is 6.18 Å². The number of rotatable bonds is 4. The molecule has 0 saturated carbocycles. The van der Waals surface area contributed by atoms with Gasteiger partial charge in [0.2, 0.25) is 0 Å². The molecule has 0 fully saturated rings. The van der Waals surface area contributed by atoms with Crippen molar-refractivity contribution in [1.82, 2.24) is 5.32 Å². The lowest BCUT2D eigenvalue weighted by atomic mass is 10.2. The summed E-state index contributed by atoms with van der Waals surface area (Å²) < 4.78 is 37.1. The van der Waals surface area contributed by atoms with E-state index in [4.69, 9.17) is 0 Å². The average Bonchev–Trinajstić information content (AvgIpc) is 2.18. The Hall–Kier alpha value is -1.03. The van der Waals surface area contributed by atoms with Crippen LogP contribution in [-0.4, -0.2) is 12.2 Å². The van der Waals surface area contributed by atoms with Crippen LogP contribution in [0.25, 0.3) is 0 Å². The second-order valence-electron chi connectivity index (χ2n) is 3.37. The van der Waals surface area contributed by atoms with E-state index in [9.17, 15) is 13.2 Å². The van der Waals surface area contributed by atoms with Crippen LogP contribution in [0, 0.1) is 0 Å². The van der Waals surface area contributed by atoms with E-state index in [1.807, 2.05) is 18.2 Å². The first-order valence-corrected chi connectivity index (χ1v) is 4.88. The molecule has 4 heteroatoms. The van der Waals surface area contributed by atoms with E-state index >= 15 is 0 Å². The summed E-state index contributed by atoms with van der Waals surface area (Å²) >= 11 is 0. The van der Waals surface area contributed by atoms with Crippen molar-refractivity contribution in [2.45, 2.75) is 32.1 Å². The topological polar surface area (TPSA) is 12.0 Å². The van der Waals surface area contributed by atoms with Crippen molar-refractivity contribution >= 4 is 0 Å². The second-order valence-corrected chi connectivity index (χ2v) is 3.37. The van der Waals surface area contributed by atoms with Gasteiger partial charge in [-0.2, -0.15) is 13.2 Å². The lowest BCUT2D eigenvalue weighted by Gasteiger charge is -2.19. The number of nitrogens with one attached hydrogen (secondary N) is 1. The van der Waals surface area contributed by atoms with Crippen molar-refractivity contribution in [1.29, 1.82) is 0 Å². The molecule has 1 aromatic rings. The van der Waals surface area contributed by atoms with E-state index in [-0.39, 0.29) is 13.0 Å². The van der Waals surface area contributed by atoms with Crippen molar-refractivity contribution in [2.75, 3.05) is 0 Å². The van der Waals surface area contributed by atoms with Crippen LogP contribution in [-0.2, 0) is 6.54 Å². The van der Waals surface area contributed by atoms with Crippen LogP contribution in [0.15, 0.2) is 30.3 Å². The molecule has 0 amide bonds. The minimum Gasteiger partial charge on any atom is -0.302 e. The molecule has 15 heavy (non-hydrogen) atoms. The van der Waals surface area contributed by atoms with Gasteiger partial charge in [-0.25, -0.2) is 0 Å². The predicted octanol–water partition coefficient (Wildman–Crippen LogP) is 3.12. The number of halogens is 3. The van der Waals surface area contributed by atoms with Crippen LogP contribution in [0.4, 0.5) is 13.2 Å². The highest BCUT2D eigenvalue weighted by molar-refractivity contribution is 5.14. The van der Waals surface area contributed by atoms with E-state index in [2.05, 4.69) is 5.32 Å². The van der Waals surface area contributed by atoms with Gasteiger partial charge in [0.15, 0.2) is 0 Å². The highest BCUT2D eigenvalue weighted by atomic mass is 19.4. The minimum atomic E-state index is -4.16. The second kappa shape index (κ2) is 5.16. The monoisotopic (exact) mass is 217 g/mol. The molecule has 0 saturated heterocycles. The zero-order chi connectivity index (χ0) is 11.3. The highest BCUT2D eigenvalue weighted by Crippen LogP contribution is 2.22. The van der Waals surface area contributed by atoms with Gasteiger partial charge in [-0.1, -0.05) is 37.3 Å². The Morgan fingerprint density at radius 2 is 1.80 bits per heavy atom. The number of alkyl halides is 3. The molecular weight excluding hydrogens is 203 g/mol. The van der Waals surface area contributed by atoms with Gasteiger partial charge in [-0.15, -0.1) is 0 Å². The third-order valence-electron chi connectivity index (χ3n) is 2.20. The van der Waals surface area contributed by atoms with Gasteiger partial charge < -0.3 is 5.32 Å². The molecule has 0 heterocycles. The summed E-state index contributed by atoms with van der Waals surface area (Å²) in [5, 5.41) is 2.50. The van der Waals surface area contributed by atoms with Crippen LogP contribution < -0.4 is 5.32 Å². The molecular formula is C11H14F3N. The highest BCUT2D eigenvalue weighted by Gasteiger charge is 2.37. The van der Waals surface area contributed by atoms with Crippen LogP contribution in [0.5, 0.6) is 0 Å². The van der Waals surface area contributed by atoms with E-state index in [1.54, 1.807) is 12.1 Å². The van der Waals surface area contributed by atoms with E-state index in [0.29, 0.717) is 0 Å². The van der Waals surface area contributed by atoms with E-state index < -0.39 is 12.2 Å². The van der Waals surface area contributed by atoms with Gasteiger partial charge in [-0.3, -0.25) is 0 Å². The van der Waals surface area contributed by atoms with Gasteiger partial charge in [-0.05, 0) is 12.0 Å². The standard InChI is InChI=1S/C11H14F3N/c1-2-10(11(12,13)14)15-8-9-6-4-3-5-7-9/h3-7,10,15H,2,8H2,1H3. The molecule has 1 aromatic carbocycles. The first kappa shape index (κ1) is 12.0. The Bertz CT molecular complexity index is 282. The summed E-state index contributed by atoms with van der Waals surface area (Å²) in [6.45, 7) is 1.77. The predicted molar refractivity (Wildman–Crippen MR) is 53.4 cm³/mol. The maximum atomic E-state index is 12.4. The zero-order valence-corrected chi connectivity index (χ0v) is 8.51. The fourth-order valence-electron chi connectivity index (χ4n) is 1.33. The first-order valence-electron chi connectivity index (χ1n) is 4.88. The lowest BCUT2D eigenvalue weighted by molar-refractivity contribution is -0.156. The molecule has 0 bridgehead atoms. The largest absolute Gasteiger partial charge is 0.403 e. The molecule has 0 radical (unpaired) electrons. The summed E-state index contributed by atoms with van der Waals surface area (Å²) in [4.78, 5) is 0. The summed E-state index contributed by atoms with van der Waals surface area (Å²) in [7, 11) is 0. The summed E-state index contributed by atoms with van der Waals surface area (Å²) in [6.07, 6.45) is -4.11. The molecule has 1 atom stereocenters. The maximum Gasteiger partial charge on any atom is 0.403 e. The number of hydrogen-bond acceptors (Lipinski definition) is 1. The van der Waals surface area contributed by atoms with Gasteiger partial charge in [0.05, 0.1) is 0 Å². The lowest BCUT2D eigenvalue weighted by Crippen LogP contribution is -2.41. The van der Waals surface area contributed by atoms with Crippen LogP contribution in [0.2, 0.25) is 0 Å². The zero-order valence-electron chi connectivity index (χ0n) is 8.51. The molecule has 1 rings (SSSR count). The minimum absolute atomic E-state index is 0.0519. The Kier molecular flexibility index (Phi) is 4.15. The van der Waals surface area contributed by atoms with Crippen molar-refractivity contribution in [2.24, 2.45) is 0 Å². The van der Waals surface area contributed by atoms with Gasteiger partial charge in [0.1, 0.15) is 6.04 Å². The Morgan fingerprint density at radius 3 is 2.27 bits per heavy atom. The van der Waals surface area contributed by atoms with Crippen LogP contribution >= 0.6 is 0 Å². The third kappa shape index (κ3) is 3.91. The van der Waals surface area contributed by atoms with Crippen molar-refractivity contribution in [3.8, 4) is 0 Å². The maximum absolute atomic E-state index is 12.4. The quantitative estimate of drug-likeness (QED) is 0.817. The molecule has 0 aromatic heterocycles. The van der Waals surface area contributed by atoms with Gasteiger partial charge in [0, 0.05) is 6.54 Å². The molecule has 0 spiro atoms. The normalized spacial score (nSPS) is 13.9. The van der Waals surface area contributed by atoms with Gasteiger partial charge in [0.25, 0.3) is 0 Å². The van der Waals surface area contributed by atoms with Crippen molar-refractivity contribution in [3.63, 3.8) is 0 Å².